The highest BCUT2D eigenvalue weighted by Gasteiger charge is 2.25. The molecule has 0 bridgehead atoms. The van der Waals surface area contributed by atoms with Crippen LogP contribution in [0.25, 0.3) is 0 Å². The van der Waals surface area contributed by atoms with Crippen LogP contribution >= 0.6 is 15.9 Å². The van der Waals surface area contributed by atoms with Gasteiger partial charge in [0, 0.05) is 23.3 Å². The second-order valence-electron chi connectivity index (χ2n) is 6.89. The number of nitrogens with one attached hydrogen (secondary N) is 2. The van der Waals surface area contributed by atoms with Gasteiger partial charge < -0.3 is 9.64 Å². The molecule has 0 unspecified atom stereocenters. The van der Waals surface area contributed by atoms with E-state index in [1.807, 2.05) is 6.92 Å². The lowest BCUT2D eigenvalue weighted by Gasteiger charge is -2.28. The summed E-state index contributed by atoms with van der Waals surface area (Å²) in [5.74, 6) is -0.143. The van der Waals surface area contributed by atoms with E-state index in [2.05, 4.69) is 31.0 Å². The third-order valence-electron chi connectivity index (χ3n) is 4.78. The highest BCUT2D eigenvalue weighted by atomic mass is 79.9. The molecule has 166 valence electrons. The molecule has 2 heterocycles. The van der Waals surface area contributed by atoms with E-state index in [0.29, 0.717) is 23.7 Å². The van der Waals surface area contributed by atoms with Crippen LogP contribution in [0.2, 0.25) is 0 Å². The number of hydrogen-bond acceptors (Lipinski definition) is 5. The lowest BCUT2D eigenvalue weighted by molar-refractivity contribution is 0.209. The molecular formula is C21H18BrFN4O4S. The van der Waals surface area contributed by atoms with Crippen LogP contribution in [-0.4, -0.2) is 30.9 Å². The Labute approximate surface area is 192 Å². The molecule has 0 saturated carbocycles. The monoisotopic (exact) mass is 520 g/mol. The van der Waals surface area contributed by atoms with Crippen LogP contribution in [0.4, 0.5) is 20.7 Å². The Morgan fingerprint density at radius 2 is 1.94 bits per heavy atom. The minimum atomic E-state index is -3.88. The maximum atomic E-state index is 14.7. The number of carbonyl (C=O) groups is 1. The normalized spacial score (nSPS) is 13.3. The molecule has 3 aromatic rings. The van der Waals surface area contributed by atoms with Crippen molar-refractivity contribution in [2.45, 2.75) is 18.4 Å². The van der Waals surface area contributed by atoms with Crippen LogP contribution in [0, 0.1) is 5.82 Å². The summed E-state index contributed by atoms with van der Waals surface area (Å²) in [5.41, 5.74) is 0.673. The predicted molar refractivity (Wildman–Crippen MR) is 121 cm³/mol. The molecule has 2 aromatic carbocycles. The summed E-state index contributed by atoms with van der Waals surface area (Å²) in [4.78, 5) is 17.7. The van der Waals surface area contributed by atoms with E-state index >= 15 is 0 Å². The first-order valence-electron chi connectivity index (χ1n) is 9.56. The second-order valence-corrected chi connectivity index (χ2v) is 9.49. The molecule has 0 atom stereocenters. The third-order valence-corrected chi connectivity index (χ3v) is 6.71. The van der Waals surface area contributed by atoms with Gasteiger partial charge in [-0.05, 0) is 49.4 Å². The van der Waals surface area contributed by atoms with Gasteiger partial charge in [-0.2, -0.15) is 0 Å². The van der Waals surface area contributed by atoms with E-state index < -0.39 is 15.8 Å². The van der Waals surface area contributed by atoms with Gasteiger partial charge in [-0.25, -0.2) is 22.6 Å². The van der Waals surface area contributed by atoms with Crippen LogP contribution in [0.15, 0.2) is 64.1 Å². The lowest BCUT2D eigenvalue weighted by Crippen LogP contribution is -2.38. The van der Waals surface area contributed by atoms with Crippen molar-refractivity contribution in [1.82, 2.24) is 9.88 Å². The summed E-state index contributed by atoms with van der Waals surface area (Å²) < 4.78 is 48.6. The molecule has 0 saturated heterocycles. The second kappa shape index (κ2) is 8.75. The number of nitrogens with zero attached hydrogens (tertiary/aromatic N) is 2. The number of hydrogen-bond donors (Lipinski definition) is 2. The van der Waals surface area contributed by atoms with Gasteiger partial charge in [-0.15, -0.1) is 0 Å². The number of pyridine rings is 1. The van der Waals surface area contributed by atoms with Gasteiger partial charge in [-0.3, -0.25) is 10.0 Å². The zero-order valence-corrected chi connectivity index (χ0v) is 19.2. The fourth-order valence-corrected chi connectivity index (χ4v) is 4.44. The number of aromatic nitrogens is 1. The number of rotatable bonds is 6. The molecule has 32 heavy (non-hydrogen) atoms. The summed E-state index contributed by atoms with van der Waals surface area (Å²) >= 11 is 3.25. The van der Waals surface area contributed by atoms with E-state index in [0.717, 1.165) is 10.5 Å². The Morgan fingerprint density at radius 3 is 2.62 bits per heavy atom. The Kier molecular flexibility index (Phi) is 6.02. The van der Waals surface area contributed by atoms with E-state index in [-0.39, 0.29) is 28.9 Å². The number of halogens is 2. The van der Waals surface area contributed by atoms with E-state index in [9.17, 15) is 17.6 Å². The fourth-order valence-electron chi connectivity index (χ4n) is 3.12. The van der Waals surface area contributed by atoms with E-state index in [1.54, 1.807) is 23.1 Å². The number of urea groups is 1. The van der Waals surface area contributed by atoms with Gasteiger partial charge in [-0.1, -0.05) is 15.9 Å². The van der Waals surface area contributed by atoms with Crippen molar-refractivity contribution in [2.75, 3.05) is 16.6 Å². The van der Waals surface area contributed by atoms with Gasteiger partial charge in [0.2, 0.25) is 0 Å². The number of fused-ring (bicyclic) bond motifs is 1. The number of benzene rings is 2. The zero-order chi connectivity index (χ0) is 22.9. The Bertz CT molecular complexity index is 1290. The van der Waals surface area contributed by atoms with Crippen molar-refractivity contribution < 1.29 is 22.3 Å². The number of carbonyl (C=O) groups excluding carboxylic acids is 1. The maximum Gasteiger partial charge on any atom is 0.323 e. The van der Waals surface area contributed by atoms with Gasteiger partial charge >= 0.3 is 6.03 Å². The number of ether oxygens (including phenoxy) is 1. The van der Waals surface area contributed by atoms with Gasteiger partial charge in [0.05, 0.1) is 22.7 Å². The van der Waals surface area contributed by atoms with Gasteiger partial charge in [0.1, 0.15) is 11.6 Å². The number of amides is 2. The summed E-state index contributed by atoms with van der Waals surface area (Å²) in [6, 6.07) is 11.2. The number of sulfonamides is 1. The highest BCUT2D eigenvalue weighted by molar-refractivity contribution is 9.10. The molecule has 2 N–H and O–H groups in total. The standard InChI is InChI=1S/C21H18BrFN4O4S/c1-2-27-12-16-18(9-10-24-20(16)25-21(27)28)31-19-8-5-14(11-17(19)23)26-32(29,30)15-6-3-13(22)4-7-15/h3-11,26H,2,12H2,1H3,(H,24,25,28). The quantitative estimate of drug-likeness (QED) is 0.479. The minimum absolute atomic E-state index is 0.0485. The average molecular weight is 521 g/mol. The predicted octanol–water partition coefficient (Wildman–Crippen LogP) is 4.94. The topological polar surface area (TPSA) is 101 Å². The van der Waals surface area contributed by atoms with Gasteiger partial charge in [0.25, 0.3) is 10.0 Å². The first-order valence-corrected chi connectivity index (χ1v) is 11.8. The molecule has 0 aliphatic carbocycles. The molecule has 1 aliphatic heterocycles. The molecule has 1 aromatic heterocycles. The van der Waals surface area contributed by atoms with Crippen LogP contribution in [-0.2, 0) is 16.6 Å². The first-order chi connectivity index (χ1) is 15.3. The fraction of sp³-hybridized carbons (Fsp3) is 0.143. The van der Waals surface area contributed by atoms with Crippen molar-refractivity contribution in [3.63, 3.8) is 0 Å². The minimum Gasteiger partial charge on any atom is -0.454 e. The highest BCUT2D eigenvalue weighted by Crippen LogP contribution is 2.34. The molecule has 0 radical (unpaired) electrons. The average Bonchev–Trinajstić information content (AvgIpc) is 2.75. The Morgan fingerprint density at radius 1 is 1.19 bits per heavy atom. The Balaban J connectivity index is 1.56. The molecule has 8 nitrogen and oxygen atoms in total. The summed E-state index contributed by atoms with van der Waals surface area (Å²) in [6.45, 7) is 2.60. The summed E-state index contributed by atoms with van der Waals surface area (Å²) in [7, 11) is -3.88. The summed E-state index contributed by atoms with van der Waals surface area (Å²) in [6.07, 6.45) is 1.45. The van der Waals surface area contributed by atoms with Crippen molar-refractivity contribution in [1.29, 1.82) is 0 Å². The lowest BCUT2D eigenvalue weighted by atomic mass is 10.2. The van der Waals surface area contributed by atoms with E-state index in [1.165, 1.54) is 30.5 Å². The smallest absolute Gasteiger partial charge is 0.323 e. The van der Waals surface area contributed by atoms with Crippen molar-refractivity contribution in [3.05, 3.63) is 70.6 Å². The van der Waals surface area contributed by atoms with E-state index in [4.69, 9.17) is 4.74 Å². The van der Waals surface area contributed by atoms with Crippen LogP contribution < -0.4 is 14.8 Å². The van der Waals surface area contributed by atoms with Crippen molar-refractivity contribution >= 4 is 43.5 Å². The van der Waals surface area contributed by atoms with Crippen LogP contribution in [0.3, 0.4) is 0 Å². The molecular weight excluding hydrogens is 503 g/mol. The first kappa shape index (κ1) is 22.0. The molecule has 0 fully saturated rings. The summed E-state index contributed by atoms with van der Waals surface area (Å²) in [5, 5.41) is 2.68. The van der Waals surface area contributed by atoms with Crippen LogP contribution in [0.5, 0.6) is 11.5 Å². The molecule has 1 aliphatic rings. The third kappa shape index (κ3) is 4.53. The zero-order valence-electron chi connectivity index (χ0n) is 16.8. The number of anilines is 2. The maximum absolute atomic E-state index is 14.7. The van der Waals surface area contributed by atoms with Crippen LogP contribution in [0.1, 0.15) is 12.5 Å². The van der Waals surface area contributed by atoms with Gasteiger partial charge in [0.15, 0.2) is 11.6 Å². The molecule has 2 amide bonds. The molecule has 0 spiro atoms. The van der Waals surface area contributed by atoms with Crippen molar-refractivity contribution in [3.8, 4) is 11.5 Å². The van der Waals surface area contributed by atoms with Crippen molar-refractivity contribution in [2.24, 2.45) is 0 Å². The molecule has 4 rings (SSSR count). The Hall–Kier alpha value is -3.18. The SMILES string of the molecule is CCN1Cc2c(Oc3ccc(NS(=O)(=O)c4ccc(Br)cc4)cc3F)ccnc2NC1=O. The largest absolute Gasteiger partial charge is 0.454 e. The molecule has 11 heteroatoms.